The number of ether oxygens (including phenoxy) is 1. The van der Waals surface area contributed by atoms with Crippen LogP contribution in [0.25, 0.3) is 0 Å². The van der Waals surface area contributed by atoms with Crippen LogP contribution >= 0.6 is 11.3 Å². The molecule has 1 aliphatic rings. The number of nitrogens with one attached hydrogen (secondary N) is 1. The predicted molar refractivity (Wildman–Crippen MR) is 92.3 cm³/mol. The highest BCUT2D eigenvalue weighted by Gasteiger charge is 2.23. The van der Waals surface area contributed by atoms with Crippen LogP contribution in [0.4, 0.5) is 5.00 Å². The molecular weight excluding hydrogens is 310 g/mol. The van der Waals surface area contributed by atoms with E-state index in [2.05, 4.69) is 11.4 Å². The molecule has 3 N–H and O–H groups in total. The summed E-state index contributed by atoms with van der Waals surface area (Å²) in [7, 11) is 0. The van der Waals surface area contributed by atoms with Gasteiger partial charge in [0.2, 0.25) is 0 Å². The Balaban J connectivity index is 2.10. The highest BCUT2D eigenvalue weighted by molar-refractivity contribution is 7.18. The van der Waals surface area contributed by atoms with Crippen LogP contribution in [0.5, 0.6) is 0 Å². The Kier molecular flexibility index (Phi) is 6.87. The van der Waals surface area contributed by atoms with E-state index in [-0.39, 0.29) is 5.97 Å². The van der Waals surface area contributed by atoms with Crippen LogP contribution in [-0.2, 0) is 11.3 Å². The Morgan fingerprint density at radius 3 is 2.61 bits per heavy atom. The molecule has 0 aromatic carbocycles. The summed E-state index contributed by atoms with van der Waals surface area (Å²) < 4.78 is 5.09. The number of esters is 1. The van der Waals surface area contributed by atoms with Crippen LogP contribution in [0.15, 0.2) is 0 Å². The first kappa shape index (κ1) is 17.8. The van der Waals surface area contributed by atoms with Gasteiger partial charge in [-0.15, -0.1) is 11.3 Å². The van der Waals surface area contributed by atoms with Gasteiger partial charge in [0, 0.05) is 18.2 Å². The van der Waals surface area contributed by atoms with Gasteiger partial charge in [0.15, 0.2) is 0 Å². The lowest BCUT2D eigenvalue weighted by Crippen LogP contribution is -2.30. The van der Waals surface area contributed by atoms with Gasteiger partial charge in [0.1, 0.15) is 15.9 Å². The number of nitrogens with two attached hydrogens (primary N) is 1. The number of carbonyl (C=O) groups is 1. The zero-order valence-electron chi connectivity index (χ0n) is 13.7. The van der Waals surface area contributed by atoms with Gasteiger partial charge >= 0.3 is 5.97 Å². The molecule has 0 saturated heterocycles. The highest BCUT2D eigenvalue weighted by Crippen LogP contribution is 2.31. The molecule has 0 aliphatic heterocycles. The summed E-state index contributed by atoms with van der Waals surface area (Å²) >= 11 is 1.15. The van der Waals surface area contributed by atoms with Gasteiger partial charge < -0.3 is 15.8 Å². The Bertz CT molecular complexity index is 569. The predicted octanol–water partition coefficient (Wildman–Crippen LogP) is 3.58. The molecule has 0 spiro atoms. The molecule has 1 heterocycles. The molecule has 1 aromatic heterocycles. The minimum atomic E-state index is -0.389. The summed E-state index contributed by atoms with van der Waals surface area (Å²) in [5.74, 6) is -0.389. The number of thiophene rings is 1. The fraction of sp³-hybridized carbons (Fsp3) is 0.647. The molecule has 5 nitrogen and oxygen atoms in total. The molecule has 0 radical (unpaired) electrons. The second-order valence-corrected chi connectivity index (χ2v) is 6.96. The molecule has 0 unspecified atom stereocenters. The first-order valence-electron chi connectivity index (χ1n) is 8.39. The maximum atomic E-state index is 12.1. The van der Waals surface area contributed by atoms with Gasteiger partial charge in [0.05, 0.1) is 12.2 Å². The van der Waals surface area contributed by atoms with Crippen molar-refractivity contribution < 1.29 is 9.53 Å². The quantitative estimate of drug-likeness (QED) is 0.803. The van der Waals surface area contributed by atoms with E-state index < -0.39 is 0 Å². The van der Waals surface area contributed by atoms with Crippen molar-refractivity contribution in [3.8, 4) is 6.07 Å². The number of nitriles is 1. The zero-order chi connectivity index (χ0) is 16.7. The van der Waals surface area contributed by atoms with Crippen molar-refractivity contribution in [2.24, 2.45) is 0 Å². The molecule has 6 heteroatoms. The van der Waals surface area contributed by atoms with Crippen molar-refractivity contribution in [2.45, 2.75) is 64.5 Å². The third-order valence-electron chi connectivity index (χ3n) is 4.28. The fourth-order valence-corrected chi connectivity index (χ4v) is 3.97. The summed E-state index contributed by atoms with van der Waals surface area (Å²) in [5, 5.41) is 13.3. The average molecular weight is 335 g/mol. The van der Waals surface area contributed by atoms with E-state index in [1.165, 1.54) is 32.1 Å². The van der Waals surface area contributed by atoms with Crippen molar-refractivity contribution in [3.05, 3.63) is 16.0 Å². The summed E-state index contributed by atoms with van der Waals surface area (Å²) in [6, 6.07) is 2.57. The lowest BCUT2D eigenvalue weighted by molar-refractivity contribution is 0.0530. The molecule has 0 amide bonds. The zero-order valence-corrected chi connectivity index (χ0v) is 14.5. The van der Waals surface area contributed by atoms with Gasteiger partial charge in [-0.2, -0.15) is 5.26 Å². The summed E-state index contributed by atoms with van der Waals surface area (Å²) in [6.07, 6.45) is 8.69. The third-order valence-corrected chi connectivity index (χ3v) is 5.32. The third kappa shape index (κ3) is 4.69. The molecule has 0 atom stereocenters. The Labute approximate surface area is 141 Å². The molecule has 1 aromatic rings. The van der Waals surface area contributed by atoms with Crippen LogP contribution in [0.3, 0.4) is 0 Å². The highest BCUT2D eigenvalue weighted by atomic mass is 32.1. The number of hydrogen-bond donors (Lipinski definition) is 2. The van der Waals surface area contributed by atoms with Gasteiger partial charge in [-0.25, -0.2) is 4.79 Å². The fourth-order valence-electron chi connectivity index (χ4n) is 3.04. The van der Waals surface area contributed by atoms with Crippen molar-refractivity contribution in [3.63, 3.8) is 0 Å². The van der Waals surface area contributed by atoms with Crippen LogP contribution in [0.1, 0.15) is 72.7 Å². The molecule has 1 aliphatic carbocycles. The normalized spacial score (nSPS) is 16.3. The van der Waals surface area contributed by atoms with Crippen LogP contribution in [0, 0.1) is 11.3 Å². The van der Waals surface area contributed by atoms with Crippen molar-refractivity contribution in [1.82, 2.24) is 5.32 Å². The lowest BCUT2D eigenvalue weighted by Gasteiger charge is -2.21. The number of nitrogen functional groups attached to an aromatic ring is 1. The maximum absolute atomic E-state index is 12.1. The number of anilines is 1. The van der Waals surface area contributed by atoms with E-state index in [1.807, 2.05) is 0 Å². The van der Waals surface area contributed by atoms with Crippen molar-refractivity contribution >= 4 is 22.3 Å². The van der Waals surface area contributed by atoms with Gasteiger partial charge in [-0.1, -0.05) is 32.1 Å². The van der Waals surface area contributed by atoms with E-state index in [9.17, 15) is 10.1 Å². The van der Waals surface area contributed by atoms with Gasteiger partial charge in [-0.05, 0) is 19.8 Å². The Hall–Kier alpha value is -1.58. The van der Waals surface area contributed by atoms with Crippen molar-refractivity contribution in [2.75, 3.05) is 12.3 Å². The number of carbonyl (C=O) groups excluding carboxylic acids is 1. The summed E-state index contributed by atoms with van der Waals surface area (Å²) in [6.45, 7) is 2.58. The van der Waals surface area contributed by atoms with E-state index in [0.717, 1.165) is 24.2 Å². The molecule has 0 bridgehead atoms. The van der Waals surface area contributed by atoms with Crippen LogP contribution in [-0.4, -0.2) is 18.6 Å². The van der Waals surface area contributed by atoms with Gasteiger partial charge in [0.25, 0.3) is 0 Å². The molecule has 1 fully saturated rings. The SMILES string of the molecule is CCOC(=O)c1sc(N)c(C#N)c1CNC1CCCCCCC1. The summed E-state index contributed by atoms with van der Waals surface area (Å²) in [5.41, 5.74) is 7.01. The van der Waals surface area contributed by atoms with E-state index in [1.54, 1.807) is 6.92 Å². The van der Waals surface area contributed by atoms with E-state index in [4.69, 9.17) is 10.5 Å². The first-order valence-corrected chi connectivity index (χ1v) is 9.20. The minimum absolute atomic E-state index is 0.314. The Morgan fingerprint density at radius 2 is 2.00 bits per heavy atom. The lowest BCUT2D eigenvalue weighted by atomic mass is 9.96. The standard InChI is InChI=1S/C17H25N3O2S/c1-2-22-17(21)15-14(13(10-18)16(19)23-15)11-20-12-8-6-4-3-5-7-9-12/h12,20H,2-9,11,19H2,1H3. The summed E-state index contributed by atoms with van der Waals surface area (Å²) in [4.78, 5) is 12.6. The second kappa shape index (κ2) is 8.90. The molecule has 2 rings (SSSR count). The number of nitrogens with zero attached hydrogens (tertiary/aromatic N) is 1. The van der Waals surface area contributed by atoms with Crippen LogP contribution < -0.4 is 11.1 Å². The second-order valence-electron chi connectivity index (χ2n) is 5.90. The topological polar surface area (TPSA) is 88.1 Å². The number of rotatable bonds is 5. The first-order chi connectivity index (χ1) is 11.2. The Morgan fingerprint density at radius 1 is 1.35 bits per heavy atom. The molecular formula is C17H25N3O2S. The van der Waals surface area contributed by atoms with Crippen LogP contribution in [0.2, 0.25) is 0 Å². The number of hydrogen-bond acceptors (Lipinski definition) is 6. The molecule has 1 saturated carbocycles. The smallest absolute Gasteiger partial charge is 0.348 e. The van der Waals surface area contributed by atoms with E-state index >= 15 is 0 Å². The van der Waals surface area contributed by atoms with Crippen molar-refractivity contribution in [1.29, 1.82) is 5.26 Å². The largest absolute Gasteiger partial charge is 0.462 e. The van der Waals surface area contributed by atoms with Gasteiger partial charge in [-0.3, -0.25) is 0 Å². The monoisotopic (exact) mass is 335 g/mol. The molecule has 23 heavy (non-hydrogen) atoms. The molecule has 126 valence electrons. The average Bonchev–Trinajstić information content (AvgIpc) is 2.82. The minimum Gasteiger partial charge on any atom is -0.462 e. The maximum Gasteiger partial charge on any atom is 0.348 e. The van der Waals surface area contributed by atoms with E-state index in [0.29, 0.717) is 40.2 Å².